The Hall–Kier alpha value is -1.98. The molecule has 0 saturated heterocycles. The molecular formula is C18H16Cl2N4. The minimum Gasteiger partial charge on any atom is -0.322 e. The molecule has 0 aliphatic carbocycles. The van der Waals surface area contributed by atoms with E-state index in [1.54, 1.807) is 12.1 Å². The first-order chi connectivity index (χ1) is 11.6. The Bertz CT molecular complexity index is 839. The van der Waals surface area contributed by atoms with Gasteiger partial charge in [-0.05, 0) is 23.8 Å². The van der Waals surface area contributed by atoms with Crippen molar-refractivity contribution in [3.05, 3.63) is 82.2 Å². The van der Waals surface area contributed by atoms with Crippen LogP contribution in [0.3, 0.4) is 0 Å². The predicted molar refractivity (Wildman–Crippen MR) is 97.8 cm³/mol. The molecule has 0 amide bonds. The summed E-state index contributed by atoms with van der Waals surface area (Å²) in [4.78, 5) is 8.56. The maximum Gasteiger partial charge on any atom is 0.116 e. The molecule has 1 heterocycles. The molecule has 122 valence electrons. The summed E-state index contributed by atoms with van der Waals surface area (Å²) in [6, 6.07) is 16.1. The summed E-state index contributed by atoms with van der Waals surface area (Å²) in [5.74, 6) is 0. The molecule has 3 aromatic rings. The van der Waals surface area contributed by atoms with Crippen LogP contribution in [-0.4, -0.2) is 9.97 Å². The van der Waals surface area contributed by atoms with Crippen LogP contribution in [0.15, 0.2) is 60.9 Å². The van der Waals surface area contributed by atoms with Crippen molar-refractivity contribution < 1.29 is 0 Å². The highest BCUT2D eigenvalue weighted by atomic mass is 35.5. The highest BCUT2D eigenvalue weighted by molar-refractivity contribution is 6.42. The topological polar surface area (TPSA) is 77.8 Å². The lowest BCUT2D eigenvalue weighted by atomic mass is 9.97. The van der Waals surface area contributed by atoms with Gasteiger partial charge in [0.15, 0.2) is 0 Å². The SMILES string of the molecule is NC(c1ccccc1)C(N)c1cc(-c2ccc(Cl)c(Cl)c2)ncn1. The molecule has 0 saturated carbocycles. The first kappa shape index (κ1) is 16.9. The molecule has 4 nitrogen and oxygen atoms in total. The summed E-state index contributed by atoms with van der Waals surface area (Å²) in [5, 5.41) is 0.970. The molecule has 0 aliphatic heterocycles. The van der Waals surface area contributed by atoms with Crippen molar-refractivity contribution in [2.75, 3.05) is 0 Å². The highest BCUT2D eigenvalue weighted by Crippen LogP contribution is 2.29. The van der Waals surface area contributed by atoms with Crippen LogP contribution in [0, 0.1) is 0 Å². The number of halogens is 2. The van der Waals surface area contributed by atoms with E-state index >= 15 is 0 Å². The van der Waals surface area contributed by atoms with Crippen LogP contribution in [-0.2, 0) is 0 Å². The van der Waals surface area contributed by atoms with Gasteiger partial charge >= 0.3 is 0 Å². The maximum atomic E-state index is 6.31. The van der Waals surface area contributed by atoms with Gasteiger partial charge in [-0.2, -0.15) is 0 Å². The van der Waals surface area contributed by atoms with Crippen LogP contribution < -0.4 is 11.5 Å². The molecule has 2 atom stereocenters. The van der Waals surface area contributed by atoms with E-state index in [1.807, 2.05) is 42.5 Å². The zero-order chi connectivity index (χ0) is 17.1. The van der Waals surface area contributed by atoms with Crippen molar-refractivity contribution in [3.8, 4) is 11.3 Å². The van der Waals surface area contributed by atoms with Gasteiger partial charge in [0, 0.05) is 5.56 Å². The van der Waals surface area contributed by atoms with Gasteiger partial charge in [0.2, 0.25) is 0 Å². The Labute approximate surface area is 150 Å². The summed E-state index contributed by atoms with van der Waals surface area (Å²) >= 11 is 12.0. The normalized spacial score (nSPS) is 13.5. The Kier molecular flexibility index (Phi) is 5.11. The molecule has 0 radical (unpaired) electrons. The number of benzene rings is 2. The van der Waals surface area contributed by atoms with Gasteiger partial charge in [0.25, 0.3) is 0 Å². The van der Waals surface area contributed by atoms with E-state index in [-0.39, 0.29) is 6.04 Å². The molecule has 2 unspecified atom stereocenters. The van der Waals surface area contributed by atoms with Crippen molar-refractivity contribution in [1.29, 1.82) is 0 Å². The molecule has 1 aromatic heterocycles. The molecule has 4 N–H and O–H groups in total. The van der Waals surface area contributed by atoms with Gasteiger partial charge in [0.1, 0.15) is 6.33 Å². The first-order valence-corrected chi connectivity index (χ1v) is 8.15. The maximum absolute atomic E-state index is 6.31. The number of aromatic nitrogens is 2. The second kappa shape index (κ2) is 7.28. The fourth-order valence-corrected chi connectivity index (χ4v) is 2.73. The Morgan fingerprint density at radius 2 is 1.54 bits per heavy atom. The lowest BCUT2D eigenvalue weighted by Gasteiger charge is -2.20. The van der Waals surface area contributed by atoms with E-state index < -0.39 is 6.04 Å². The molecule has 0 bridgehead atoms. The Morgan fingerprint density at radius 1 is 0.792 bits per heavy atom. The van der Waals surface area contributed by atoms with Crippen LogP contribution in [0.25, 0.3) is 11.3 Å². The smallest absolute Gasteiger partial charge is 0.116 e. The van der Waals surface area contributed by atoms with Crippen molar-refractivity contribution in [2.24, 2.45) is 11.5 Å². The molecule has 6 heteroatoms. The van der Waals surface area contributed by atoms with Crippen LogP contribution >= 0.6 is 23.2 Å². The fraction of sp³-hybridized carbons (Fsp3) is 0.111. The van der Waals surface area contributed by atoms with Crippen molar-refractivity contribution in [1.82, 2.24) is 9.97 Å². The lowest BCUT2D eigenvalue weighted by molar-refractivity contribution is 0.559. The van der Waals surface area contributed by atoms with Crippen LogP contribution in [0.4, 0.5) is 0 Å². The molecule has 0 fully saturated rings. The van der Waals surface area contributed by atoms with Gasteiger partial charge < -0.3 is 11.5 Å². The van der Waals surface area contributed by atoms with E-state index in [4.69, 9.17) is 34.7 Å². The predicted octanol–water partition coefficient (Wildman–Crippen LogP) is 4.15. The average molecular weight is 359 g/mol. The van der Waals surface area contributed by atoms with Gasteiger partial charge in [-0.15, -0.1) is 0 Å². The molecular weight excluding hydrogens is 343 g/mol. The molecule has 24 heavy (non-hydrogen) atoms. The standard InChI is InChI=1S/C18H16Cl2N4/c19-13-7-6-12(8-14(13)20)15-9-16(24-10-23-15)18(22)17(21)11-4-2-1-3-5-11/h1-10,17-18H,21-22H2. The second-order valence-corrected chi connectivity index (χ2v) is 6.23. The van der Waals surface area contributed by atoms with E-state index in [1.165, 1.54) is 6.33 Å². The molecule has 3 rings (SSSR count). The summed E-state index contributed by atoms with van der Waals surface area (Å²) in [6.07, 6.45) is 1.48. The monoisotopic (exact) mass is 358 g/mol. The van der Waals surface area contributed by atoms with Crippen molar-refractivity contribution in [3.63, 3.8) is 0 Å². The minimum atomic E-state index is -0.447. The largest absolute Gasteiger partial charge is 0.322 e. The summed E-state index contributed by atoms with van der Waals surface area (Å²) < 4.78 is 0. The summed E-state index contributed by atoms with van der Waals surface area (Å²) in [7, 11) is 0. The zero-order valence-corrected chi connectivity index (χ0v) is 14.2. The number of hydrogen-bond donors (Lipinski definition) is 2. The van der Waals surface area contributed by atoms with Crippen LogP contribution in [0.5, 0.6) is 0 Å². The molecule has 0 aliphatic rings. The van der Waals surface area contributed by atoms with E-state index in [0.717, 1.165) is 11.1 Å². The third kappa shape index (κ3) is 3.57. The molecule has 0 spiro atoms. The van der Waals surface area contributed by atoms with E-state index in [9.17, 15) is 0 Å². The minimum absolute atomic E-state index is 0.359. The zero-order valence-electron chi connectivity index (χ0n) is 12.7. The summed E-state index contributed by atoms with van der Waals surface area (Å²) in [6.45, 7) is 0. The van der Waals surface area contributed by atoms with Gasteiger partial charge in [-0.1, -0.05) is 59.6 Å². The number of nitrogens with two attached hydrogens (primary N) is 2. The van der Waals surface area contributed by atoms with Gasteiger partial charge in [-0.25, -0.2) is 9.97 Å². The number of hydrogen-bond acceptors (Lipinski definition) is 4. The van der Waals surface area contributed by atoms with Crippen LogP contribution in [0.2, 0.25) is 10.0 Å². The van der Waals surface area contributed by atoms with Gasteiger partial charge in [-0.3, -0.25) is 0 Å². The second-order valence-electron chi connectivity index (χ2n) is 5.42. The molecule has 2 aromatic carbocycles. The number of nitrogens with zero attached hydrogens (tertiary/aromatic N) is 2. The Balaban J connectivity index is 1.91. The summed E-state index contributed by atoms with van der Waals surface area (Å²) in [5.41, 5.74) is 15.8. The van der Waals surface area contributed by atoms with Crippen LogP contribution in [0.1, 0.15) is 23.3 Å². The average Bonchev–Trinajstić information content (AvgIpc) is 2.63. The number of rotatable bonds is 4. The third-order valence-corrected chi connectivity index (χ3v) is 4.56. The lowest BCUT2D eigenvalue weighted by Crippen LogP contribution is -2.27. The van der Waals surface area contributed by atoms with Gasteiger partial charge in [0.05, 0.1) is 33.5 Å². The van der Waals surface area contributed by atoms with E-state index in [2.05, 4.69) is 9.97 Å². The first-order valence-electron chi connectivity index (χ1n) is 7.39. The highest BCUT2D eigenvalue weighted by Gasteiger charge is 2.19. The van der Waals surface area contributed by atoms with Crippen molar-refractivity contribution >= 4 is 23.2 Å². The Morgan fingerprint density at radius 3 is 2.25 bits per heavy atom. The third-order valence-electron chi connectivity index (χ3n) is 3.82. The quantitative estimate of drug-likeness (QED) is 0.734. The fourth-order valence-electron chi connectivity index (χ4n) is 2.43. The van der Waals surface area contributed by atoms with E-state index in [0.29, 0.717) is 21.4 Å². The van der Waals surface area contributed by atoms with Crippen molar-refractivity contribution in [2.45, 2.75) is 12.1 Å².